The third-order valence-corrected chi connectivity index (χ3v) is 6.80. The molecule has 0 bridgehead atoms. The third kappa shape index (κ3) is 6.59. The Hall–Kier alpha value is -3.03. The monoisotopic (exact) mass is 511 g/mol. The molecule has 0 aromatic heterocycles. The van der Waals surface area contributed by atoms with E-state index in [9.17, 15) is 9.59 Å². The second-order valence-corrected chi connectivity index (χ2v) is 10.8. The van der Waals surface area contributed by atoms with Gasteiger partial charge in [-0.25, -0.2) is 9.59 Å². The largest absolute Gasteiger partial charge is 0.478 e. The predicted octanol–water partition coefficient (Wildman–Crippen LogP) is 5.25. The standard InChI is InChI=1S/C28H34ClN3O4/c1-28(2,3)36-27(35)32-13-12-25(20-4-8-23(29)9-5-20)22(19-32)18-30-14-16-31(17-15-30)24-10-6-21(7-11-24)26(33)34/h4-11H,12-19H2,1-3H3,(H,33,34). The Morgan fingerprint density at radius 1 is 0.944 bits per heavy atom. The highest BCUT2D eigenvalue weighted by Crippen LogP contribution is 2.30. The first kappa shape index (κ1) is 26.0. The maximum Gasteiger partial charge on any atom is 0.410 e. The molecule has 2 aliphatic heterocycles. The fraction of sp³-hybridized carbons (Fsp3) is 0.429. The molecule has 0 spiro atoms. The number of carboxylic acid groups (broad SMARTS) is 1. The van der Waals surface area contributed by atoms with Crippen LogP contribution in [0.25, 0.3) is 5.57 Å². The molecule has 1 amide bonds. The zero-order chi connectivity index (χ0) is 25.9. The van der Waals surface area contributed by atoms with Crippen LogP contribution >= 0.6 is 11.6 Å². The molecule has 2 aromatic rings. The number of piperazine rings is 1. The fourth-order valence-electron chi connectivity index (χ4n) is 4.70. The predicted molar refractivity (Wildman–Crippen MR) is 143 cm³/mol. The van der Waals surface area contributed by atoms with Crippen molar-refractivity contribution in [3.63, 3.8) is 0 Å². The molecule has 0 atom stereocenters. The number of hydrogen-bond acceptors (Lipinski definition) is 5. The molecule has 2 aromatic carbocycles. The lowest BCUT2D eigenvalue weighted by Crippen LogP contribution is -2.48. The van der Waals surface area contributed by atoms with Crippen molar-refractivity contribution in [2.24, 2.45) is 0 Å². The van der Waals surface area contributed by atoms with Gasteiger partial charge >= 0.3 is 12.1 Å². The van der Waals surface area contributed by atoms with Crippen LogP contribution in [0.5, 0.6) is 0 Å². The Labute approximate surface area is 217 Å². The van der Waals surface area contributed by atoms with Gasteiger partial charge in [0.2, 0.25) is 0 Å². The molecule has 192 valence electrons. The van der Waals surface area contributed by atoms with Crippen molar-refractivity contribution in [1.29, 1.82) is 0 Å². The quantitative estimate of drug-likeness (QED) is 0.590. The van der Waals surface area contributed by atoms with Gasteiger partial charge in [0, 0.05) is 56.5 Å². The minimum atomic E-state index is -0.913. The number of carbonyl (C=O) groups excluding carboxylic acids is 1. The number of hydrogen-bond donors (Lipinski definition) is 1. The lowest BCUT2D eigenvalue weighted by molar-refractivity contribution is 0.0261. The number of amides is 1. The van der Waals surface area contributed by atoms with Gasteiger partial charge < -0.3 is 19.6 Å². The maximum atomic E-state index is 12.8. The molecular formula is C28H34ClN3O4. The molecule has 0 unspecified atom stereocenters. The summed E-state index contributed by atoms with van der Waals surface area (Å²) in [5.41, 5.74) is 4.46. The summed E-state index contributed by atoms with van der Waals surface area (Å²) < 4.78 is 5.65. The summed E-state index contributed by atoms with van der Waals surface area (Å²) in [6.07, 6.45) is 0.497. The van der Waals surface area contributed by atoms with Gasteiger partial charge in [-0.2, -0.15) is 0 Å². The van der Waals surface area contributed by atoms with Crippen molar-refractivity contribution in [2.75, 3.05) is 50.7 Å². The summed E-state index contributed by atoms with van der Waals surface area (Å²) in [5.74, 6) is -0.913. The van der Waals surface area contributed by atoms with Crippen molar-refractivity contribution < 1.29 is 19.4 Å². The van der Waals surface area contributed by atoms with E-state index in [2.05, 4.69) is 21.9 Å². The van der Waals surface area contributed by atoms with Crippen LogP contribution in [0.1, 0.15) is 43.1 Å². The Morgan fingerprint density at radius 3 is 2.17 bits per heavy atom. The molecule has 1 saturated heterocycles. The normalized spacial score (nSPS) is 17.3. The van der Waals surface area contributed by atoms with E-state index >= 15 is 0 Å². The summed E-state index contributed by atoms with van der Waals surface area (Å²) in [4.78, 5) is 30.5. The number of aromatic carboxylic acids is 1. The van der Waals surface area contributed by atoms with E-state index in [1.54, 1.807) is 17.0 Å². The molecule has 1 N–H and O–H groups in total. The number of carboxylic acids is 1. The molecule has 8 heteroatoms. The van der Waals surface area contributed by atoms with E-state index in [-0.39, 0.29) is 6.09 Å². The average molecular weight is 512 g/mol. The number of benzene rings is 2. The molecule has 7 nitrogen and oxygen atoms in total. The highest BCUT2D eigenvalue weighted by Gasteiger charge is 2.29. The lowest BCUT2D eigenvalue weighted by atomic mass is 9.93. The zero-order valence-corrected chi connectivity index (χ0v) is 21.9. The van der Waals surface area contributed by atoms with Crippen LogP contribution < -0.4 is 4.90 Å². The van der Waals surface area contributed by atoms with Crippen molar-refractivity contribution >= 4 is 34.9 Å². The van der Waals surface area contributed by atoms with E-state index in [1.807, 2.05) is 45.0 Å². The van der Waals surface area contributed by atoms with Crippen LogP contribution in [0.3, 0.4) is 0 Å². The van der Waals surface area contributed by atoms with Gasteiger partial charge in [0.05, 0.1) is 5.56 Å². The van der Waals surface area contributed by atoms with Crippen molar-refractivity contribution in [3.8, 4) is 0 Å². The highest BCUT2D eigenvalue weighted by atomic mass is 35.5. The van der Waals surface area contributed by atoms with E-state index < -0.39 is 11.6 Å². The second-order valence-electron chi connectivity index (χ2n) is 10.4. The molecule has 2 heterocycles. The van der Waals surface area contributed by atoms with Gasteiger partial charge in [-0.1, -0.05) is 23.7 Å². The highest BCUT2D eigenvalue weighted by molar-refractivity contribution is 6.30. The molecule has 0 saturated carbocycles. The molecule has 0 aliphatic carbocycles. The summed E-state index contributed by atoms with van der Waals surface area (Å²) >= 11 is 6.13. The number of nitrogens with zero attached hydrogens (tertiary/aromatic N) is 3. The van der Waals surface area contributed by atoms with E-state index in [0.717, 1.165) is 50.4 Å². The molecule has 2 aliphatic rings. The van der Waals surface area contributed by atoms with Gasteiger partial charge in [0.15, 0.2) is 0 Å². The fourth-order valence-corrected chi connectivity index (χ4v) is 4.83. The molecule has 4 rings (SSSR count). The van der Waals surface area contributed by atoms with Gasteiger partial charge in [0.1, 0.15) is 5.60 Å². The summed E-state index contributed by atoms with van der Waals surface area (Å²) in [5, 5.41) is 9.85. The minimum absolute atomic E-state index is 0.273. The molecule has 36 heavy (non-hydrogen) atoms. The zero-order valence-electron chi connectivity index (χ0n) is 21.2. The smallest absolute Gasteiger partial charge is 0.410 e. The van der Waals surface area contributed by atoms with Gasteiger partial charge in [-0.05, 0) is 80.3 Å². The molecule has 0 radical (unpaired) electrons. The third-order valence-electron chi connectivity index (χ3n) is 6.55. The Balaban J connectivity index is 1.47. The Bertz CT molecular complexity index is 1110. The second kappa shape index (κ2) is 10.9. The van der Waals surface area contributed by atoms with Crippen LogP contribution in [-0.4, -0.2) is 78.4 Å². The first-order valence-corrected chi connectivity index (χ1v) is 12.7. The molecular weight excluding hydrogens is 478 g/mol. The molecule has 1 fully saturated rings. The van der Waals surface area contributed by atoms with Crippen LogP contribution in [0.2, 0.25) is 5.02 Å². The topological polar surface area (TPSA) is 73.3 Å². The van der Waals surface area contributed by atoms with Crippen molar-refractivity contribution in [1.82, 2.24) is 9.80 Å². The lowest BCUT2D eigenvalue weighted by Gasteiger charge is -2.39. The van der Waals surface area contributed by atoms with Crippen molar-refractivity contribution in [2.45, 2.75) is 32.8 Å². The number of ether oxygens (including phenoxy) is 1. The first-order chi connectivity index (χ1) is 17.1. The Morgan fingerprint density at radius 2 is 1.58 bits per heavy atom. The minimum Gasteiger partial charge on any atom is -0.478 e. The van der Waals surface area contributed by atoms with Crippen LogP contribution in [0.4, 0.5) is 10.5 Å². The average Bonchev–Trinajstić information content (AvgIpc) is 2.84. The van der Waals surface area contributed by atoms with Gasteiger partial charge in [-0.15, -0.1) is 0 Å². The van der Waals surface area contributed by atoms with Crippen LogP contribution in [0.15, 0.2) is 54.1 Å². The maximum absolute atomic E-state index is 12.8. The first-order valence-electron chi connectivity index (χ1n) is 12.3. The number of carbonyl (C=O) groups is 2. The van der Waals surface area contributed by atoms with Gasteiger partial charge in [-0.3, -0.25) is 4.90 Å². The Kier molecular flexibility index (Phi) is 7.91. The SMILES string of the molecule is CC(C)(C)OC(=O)N1CCC(c2ccc(Cl)cc2)=C(CN2CCN(c3ccc(C(=O)O)cc3)CC2)C1. The number of rotatable bonds is 5. The van der Waals surface area contributed by atoms with E-state index in [4.69, 9.17) is 21.4 Å². The van der Waals surface area contributed by atoms with Crippen molar-refractivity contribution in [3.05, 3.63) is 70.3 Å². The van der Waals surface area contributed by atoms with Crippen LogP contribution in [-0.2, 0) is 4.74 Å². The number of anilines is 1. The summed E-state index contributed by atoms with van der Waals surface area (Å²) in [7, 11) is 0. The van der Waals surface area contributed by atoms with Gasteiger partial charge in [0.25, 0.3) is 0 Å². The van der Waals surface area contributed by atoms with Crippen LogP contribution in [0, 0.1) is 0 Å². The summed E-state index contributed by atoms with van der Waals surface area (Å²) in [6, 6.07) is 15.0. The number of halogens is 1. The van der Waals surface area contributed by atoms with E-state index in [1.165, 1.54) is 11.1 Å². The summed E-state index contributed by atoms with van der Waals surface area (Å²) in [6.45, 7) is 11.1. The van der Waals surface area contributed by atoms with E-state index in [0.29, 0.717) is 23.7 Å².